The second-order valence-electron chi connectivity index (χ2n) is 5.30. The molecule has 2 fully saturated rings. The van der Waals surface area contributed by atoms with Gasteiger partial charge in [-0.15, -0.1) is 0 Å². The van der Waals surface area contributed by atoms with Gasteiger partial charge in [0.1, 0.15) is 0 Å². The summed E-state index contributed by atoms with van der Waals surface area (Å²) in [6.07, 6.45) is 22.7. The van der Waals surface area contributed by atoms with E-state index < -0.39 is 0 Å². The Bertz CT molecular complexity index is 163. The quantitative estimate of drug-likeness (QED) is 0.551. The van der Waals surface area contributed by atoms with Gasteiger partial charge in [0, 0.05) is 6.61 Å². The molecule has 0 aromatic carbocycles. The largest absolute Gasteiger partial charge is 3.00 e. The topological polar surface area (TPSA) is 20.2 Å². The van der Waals surface area contributed by atoms with Crippen molar-refractivity contribution in [1.29, 1.82) is 0 Å². The van der Waals surface area contributed by atoms with Gasteiger partial charge in [0.2, 0.25) is 0 Å². The molecule has 2 aliphatic rings. The van der Waals surface area contributed by atoms with Gasteiger partial charge in [-0.2, -0.15) is 32.1 Å². The molecule has 1 N–H and O–H groups in total. The van der Waals surface area contributed by atoms with Crippen molar-refractivity contribution in [1.82, 2.24) is 0 Å². The number of hydrogen-bond donors (Lipinski definition) is 1. The Hall–Kier alpha value is 0.583. The van der Waals surface area contributed by atoms with Crippen LogP contribution in [0.2, 0.25) is 0 Å². The van der Waals surface area contributed by atoms with Crippen molar-refractivity contribution in [3.63, 3.8) is 0 Å². The molecule has 2 heteroatoms. The van der Waals surface area contributed by atoms with Crippen molar-refractivity contribution in [2.75, 3.05) is 6.61 Å². The monoisotopic (exact) mass is 385 g/mol. The summed E-state index contributed by atoms with van der Waals surface area (Å²) >= 11 is 0. The molecule has 0 atom stereocenters. The van der Waals surface area contributed by atoms with E-state index in [1.54, 1.807) is 6.92 Å². The van der Waals surface area contributed by atoms with Crippen molar-refractivity contribution in [2.45, 2.75) is 98.3 Å². The zero-order valence-electron chi connectivity index (χ0n) is 15.6. The molecule has 0 bridgehead atoms. The molecule has 0 aromatic heterocycles. The third kappa shape index (κ3) is 25.5. The van der Waals surface area contributed by atoms with Crippen LogP contribution in [0.1, 0.15) is 98.3 Å². The molecule has 0 spiro atoms. The Morgan fingerprint density at radius 1 is 0.818 bits per heavy atom. The summed E-state index contributed by atoms with van der Waals surface area (Å²) < 4.78 is 0. The maximum Gasteiger partial charge on any atom is 3.00 e. The Morgan fingerprint density at radius 3 is 1.23 bits per heavy atom. The van der Waals surface area contributed by atoms with E-state index in [1.807, 2.05) is 0 Å². The molecule has 0 unspecified atom stereocenters. The molecule has 1 radical (unpaired) electrons. The molecule has 0 aliphatic heterocycles. The predicted molar refractivity (Wildman–Crippen MR) is 95.9 cm³/mol. The predicted octanol–water partition coefficient (Wildman–Crippen LogP) is 6.47. The average Bonchev–Trinajstić information content (AvgIpc) is 3.23. The number of aliphatic hydroxyl groups excluding tert-OH is 1. The first kappa shape index (κ1) is 27.4. The summed E-state index contributed by atoms with van der Waals surface area (Å²) in [6, 6.07) is 0. The van der Waals surface area contributed by atoms with Gasteiger partial charge in [0.05, 0.1) is 0 Å². The van der Waals surface area contributed by atoms with E-state index in [9.17, 15) is 0 Å². The van der Waals surface area contributed by atoms with Crippen LogP contribution < -0.4 is 0 Å². The first-order chi connectivity index (χ1) is 10.3. The minimum Gasteiger partial charge on any atom is -0.497 e. The van der Waals surface area contributed by atoms with Gasteiger partial charge in [0.15, 0.2) is 0 Å². The van der Waals surface area contributed by atoms with Crippen molar-refractivity contribution in [3.05, 3.63) is 24.5 Å². The van der Waals surface area contributed by atoms with Gasteiger partial charge in [-0.25, -0.2) is 0 Å². The fourth-order valence-corrected chi connectivity index (χ4v) is 2.19. The molecule has 2 saturated carbocycles. The molecule has 1 nitrogen and oxygen atoms in total. The number of rotatable bonds is 3. The number of aliphatic hydroxyl groups is 1. The van der Waals surface area contributed by atoms with E-state index in [0.29, 0.717) is 0 Å². The zero-order valence-corrected chi connectivity index (χ0v) is 18.0. The smallest absolute Gasteiger partial charge is 0.497 e. The summed E-state index contributed by atoms with van der Waals surface area (Å²) in [7, 11) is 0. The summed E-state index contributed by atoms with van der Waals surface area (Å²) in [6.45, 7) is 8.42. The molecular weight excluding hydrogens is 347 g/mol. The molecule has 0 heterocycles. The van der Waals surface area contributed by atoms with Gasteiger partial charge < -0.3 is 24.0 Å². The van der Waals surface area contributed by atoms with Crippen LogP contribution in [-0.4, -0.2) is 11.7 Å². The van der Waals surface area contributed by atoms with E-state index in [2.05, 4.69) is 39.7 Å². The molecule has 0 amide bonds. The Labute approximate surface area is 160 Å². The van der Waals surface area contributed by atoms with Gasteiger partial charge in [0.25, 0.3) is 0 Å². The van der Waals surface area contributed by atoms with Crippen LogP contribution in [0.4, 0.5) is 0 Å². The van der Waals surface area contributed by atoms with Gasteiger partial charge >= 0.3 is 26.2 Å². The van der Waals surface area contributed by atoms with Crippen LogP contribution in [-0.2, 0) is 26.2 Å². The van der Waals surface area contributed by atoms with Crippen LogP contribution in [0.25, 0.3) is 0 Å². The first-order valence-electron chi connectivity index (χ1n) is 9.09. The van der Waals surface area contributed by atoms with E-state index in [0.717, 1.165) is 6.42 Å². The second-order valence-corrected chi connectivity index (χ2v) is 5.30. The Balaban J connectivity index is -0.000000227. The van der Waals surface area contributed by atoms with E-state index in [1.165, 1.54) is 69.8 Å². The summed E-state index contributed by atoms with van der Waals surface area (Å²) in [4.78, 5) is 0. The Morgan fingerprint density at radius 2 is 1.14 bits per heavy atom. The number of allylic oxidation sites excluding steroid dienone is 2. The molecule has 0 saturated heterocycles. The summed E-state index contributed by atoms with van der Waals surface area (Å²) in [5.41, 5.74) is 1.47. The maximum atomic E-state index is 7.57. The normalized spacial score (nSPS) is 15.0. The minimum absolute atomic E-state index is 0. The summed E-state index contributed by atoms with van der Waals surface area (Å²) in [5, 5.41) is 7.57. The van der Waals surface area contributed by atoms with Gasteiger partial charge in [-0.3, -0.25) is 5.57 Å². The van der Waals surface area contributed by atoms with Crippen molar-refractivity contribution >= 4 is 0 Å². The van der Waals surface area contributed by atoms with Crippen LogP contribution in [0.3, 0.4) is 0 Å². The molecular formula is C20H39OZr. The third-order valence-electron chi connectivity index (χ3n) is 3.41. The van der Waals surface area contributed by atoms with E-state index in [-0.39, 0.29) is 32.8 Å². The standard InChI is InChI=1S/C8H15.2C5H9.C2H6O.Zr/c1-4-7-8(5-2)6-3;2*1-2-4-5-3-1;1-2-3;/h4-6H2,1-3H3;2*1H,2-5H2;3H,2H2,1H3;/q3*-1;;+3. The van der Waals surface area contributed by atoms with Crippen molar-refractivity contribution < 1.29 is 31.3 Å². The summed E-state index contributed by atoms with van der Waals surface area (Å²) in [5.74, 6) is 0. The fourth-order valence-electron chi connectivity index (χ4n) is 2.19. The minimum atomic E-state index is 0. The maximum absolute atomic E-state index is 7.57. The second kappa shape index (κ2) is 26.5. The van der Waals surface area contributed by atoms with Crippen molar-refractivity contribution in [3.8, 4) is 0 Å². The SMILES string of the molecule is CCO.CC[C-]=C(CC)CC.[CH-]1CCCC1.[CH-]1CCCC1.[Zr+3]. The molecule has 22 heavy (non-hydrogen) atoms. The number of hydrogen-bond acceptors (Lipinski definition) is 1. The fraction of sp³-hybridized carbons (Fsp3) is 0.800. The first-order valence-corrected chi connectivity index (χ1v) is 9.09. The van der Waals surface area contributed by atoms with Gasteiger partial charge in [-0.1, -0.05) is 59.3 Å². The van der Waals surface area contributed by atoms with Gasteiger partial charge in [-0.05, 0) is 6.92 Å². The average molecular weight is 387 g/mol. The zero-order chi connectivity index (χ0) is 16.2. The molecule has 2 rings (SSSR count). The van der Waals surface area contributed by atoms with E-state index >= 15 is 0 Å². The van der Waals surface area contributed by atoms with Crippen LogP contribution in [0.5, 0.6) is 0 Å². The Kier molecular flexibility index (Phi) is 33.0. The van der Waals surface area contributed by atoms with Crippen LogP contribution in [0.15, 0.2) is 5.57 Å². The molecule has 0 aromatic rings. The van der Waals surface area contributed by atoms with Crippen LogP contribution in [0, 0.1) is 18.9 Å². The van der Waals surface area contributed by atoms with E-state index in [4.69, 9.17) is 5.11 Å². The third-order valence-corrected chi connectivity index (χ3v) is 3.41. The molecule has 2 aliphatic carbocycles. The van der Waals surface area contributed by atoms with Crippen LogP contribution >= 0.6 is 0 Å². The van der Waals surface area contributed by atoms with Crippen molar-refractivity contribution in [2.24, 2.45) is 0 Å². The molecule has 129 valence electrons.